The Morgan fingerprint density at radius 2 is 1.95 bits per heavy atom. The van der Waals surface area contributed by atoms with Crippen LogP contribution in [0.3, 0.4) is 0 Å². The van der Waals surface area contributed by atoms with Crippen LogP contribution in [0.25, 0.3) is 0 Å². The molecule has 1 amide bonds. The van der Waals surface area contributed by atoms with Crippen LogP contribution >= 0.6 is 0 Å². The third kappa shape index (κ3) is 4.31. The lowest BCUT2D eigenvalue weighted by molar-refractivity contribution is 0.0740. The van der Waals surface area contributed by atoms with E-state index in [1.54, 1.807) is 24.1 Å². The predicted octanol–water partition coefficient (Wildman–Crippen LogP) is 1.15. The second kappa shape index (κ2) is 5.93. The standard InChI is InChI=1S/C14H22N2O3S/c1-14(2,9-15)10-16(3)13(17)11-6-5-7-12(8-11)20(4,18)19/h5-8H,9-10,15H2,1-4H3. The third-order valence-corrected chi connectivity index (χ3v) is 4.18. The average molecular weight is 298 g/mol. The quantitative estimate of drug-likeness (QED) is 0.884. The molecule has 112 valence electrons. The van der Waals surface area contributed by atoms with Gasteiger partial charge in [0.2, 0.25) is 0 Å². The summed E-state index contributed by atoms with van der Waals surface area (Å²) >= 11 is 0. The molecule has 0 spiro atoms. The second-order valence-corrected chi connectivity index (χ2v) is 7.85. The number of nitrogens with two attached hydrogens (primary N) is 1. The minimum absolute atomic E-state index is 0.148. The number of amides is 1. The van der Waals surface area contributed by atoms with Gasteiger partial charge < -0.3 is 10.6 Å². The van der Waals surface area contributed by atoms with E-state index in [2.05, 4.69) is 0 Å². The van der Waals surface area contributed by atoms with Crippen molar-refractivity contribution in [2.45, 2.75) is 18.7 Å². The molecule has 0 radical (unpaired) electrons. The number of nitrogens with zero attached hydrogens (tertiary/aromatic N) is 1. The summed E-state index contributed by atoms with van der Waals surface area (Å²) in [4.78, 5) is 14.0. The molecular weight excluding hydrogens is 276 g/mol. The first-order valence-electron chi connectivity index (χ1n) is 6.32. The van der Waals surface area contributed by atoms with Crippen molar-refractivity contribution in [3.05, 3.63) is 29.8 Å². The van der Waals surface area contributed by atoms with Gasteiger partial charge in [0.1, 0.15) is 0 Å². The largest absolute Gasteiger partial charge is 0.341 e. The van der Waals surface area contributed by atoms with Crippen molar-refractivity contribution in [3.8, 4) is 0 Å². The minimum atomic E-state index is -3.32. The minimum Gasteiger partial charge on any atom is -0.341 e. The molecule has 0 aliphatic carbocycles. The highest BCUT2D eigenvalue weighted by Crippen LogP contribution is 2.17. The first-order chi connectivity index (χ1) is 9.07. The normalized spacial score (nSPS) is 12.2. The van der Waals surface area contributed by atoms with Gasteiger partial charge in [0, 0.05) is 25.4 Å². The lowest BCUT2D eigenvalue weighted by Crippen LogP contribution is -2.39. The van der Waals surface area contributed by atoms with Gasteiger partial charge in [0.25, 0.3) is 5.91 Å². The van der Waals surface area contributed by atoms with E-state index >= 15 is 0 Å². The highest BCUT2D eigenvalue weighted by atomic mass is 32.2. The van der Waals surface area contributed by atoms with Gasteiger partial charge in [0.15, 0.2) is 9.84 Å². The second-order valence-electron chi connectivity index (χ2n) is 5.83. The van der Waals surface area contributed by atoms with Crippen LogP contribution in [-0.2, 0) is 9.84 Å². The SMILES string of the molecule is CN(CC(C)(C)CN)C(=O)c1cccc(S(C)(=O)=O)c1. The summed E-state index contributed by atoms with van der Waals surface area (Å²) < 4.78 is 23.0. The van der Waals surface area contributed by atoms with E-state index in [0.717, 1.165) is 6.26 Å². The van der Waals surface area contributed by atoms with Crippen LogP contribution < -0.4 is 5.73 Å². The van der Waals surface area contributed by atoms with E-state index < -0.39 is 9.84 Å². The monoisotopic (exact) mass is 298 g/mol. The van der Waals surface area contributed by atoms with Gasteiger partial charge in [-0.2, -0.15) is 0 Å². The van der Waals surface area contributed by atoms with E-state index in [1.165, 1.54) is 12.1 Å². The van der Waals surface area contributed by atoms with Crippen molar-refractivity contribution < 1.29 is 13.2 Å². The van der Waals surface area contributed by atoms with Crippen molar-refractivity contribution in [3.63, 3.8) is 0 Å². The van der Waals surface area contributed by atoms with Gasteiger partial charge in [-0.1, -0.05) is 19.9 Å². The van der Waals surface area contributed by atoms with Gasteiger partial charge in [-0.05, 0) is 30.2 Å². The van der Waals surface area contributed by atoms with Crippen LogP contribution in [0.4, 0.5) is 0 Å². The topological polar surface area (TPSA) is 80.5 Å². The van der Waals surface area contributed by atoms with Crippen LogP contribution in [0.1, 0.15) is 24.2 Å². The summed E-state index contributed by atoms with van der Waals surface area (Å²) in [6.45, 7) is 4.92. The smallest absolute Gasteiger partial charge is 0.253 e. The summed E-state index contributed by atoms with van der Waals surface area (Å²) in [5.74, 6) is -0.211. The Morgan fingerprint density at radius 3 is 2.45 bits per heavy atom. The van der Waals surface area contributed by atoms with Gasteiger partial charge in [-0.25, -0.2) is 8.42 Å². The first kappa shape index (κ1) is 16.7. The molecule has 0 fully saturated rings. The fraction of sp³-hybridized carbons (Fsp3) is 0.500. The molecule has 0 aliphatic heterocycles. The molecule has 0 unspecified atom stereocenters. The Labute approximate surface area is 120 Å². The fourth-order valence-electron chi connectivity index (χ4n) is 1.86. The van der Waals surface area contributed by atoms with Crippen molar-refractivity contribution in [1.82, 2.24) is 4.90 Å². The molecule has 1 aromatic carbocycles. The summed E-state index contributed by atoms with van der Waals surface area (Å²) in [7, 11) is -1.63. The van der Waals surface area contributed by atoms with Crippen LogP contribution in [0, 0.1) is 5.41 Å². The molecule has 2 N–H and O–H groups in total. The van der Waals surface area contributed by atoms with E-state index in [-0.39, 0.29) is 16.2 Å². The Bertz CT molecular complexity index is 594. The molecule has 0 atom stereocenters. The highest BCUT2D eigenvalue weighted by molar-refractivity contribution is 7.90. The number of carbonyl (C=O) groups is 1. The lowest BCUT2D eigenvalue weighted by Gasteiger charge is -2.29. The molecule has 1 rings (SSSR count). The number of rotatable bonds is 5. The predicted molar refractivity (Wildman–Crippen MR) is 79.3 cm³/mol. The van der Waals surface area contributed by atoms with Gasteiger partial charge >= 0.3 is 0 Å². The maximum atomic E-state index is 12.3. The molecule has 1 aromatic rings. The van der Waals surface area contributed by atoms with E-state index in [1.807, 2.05) is 13.8 Å². The molecular formula is C14H22N2O3S. The molecule has 0 bridgehead atoms. The zero-order valence-corrected chi connectivity index (χ0v) is 13.2. The number of hydrogen-bond donors (Lipinski definition) is 1. The Balaban J connectivity index is 2.99. The molecule has 0 aromatic heterocycles. The lowest BCUT2D eigenvalue weighted by atomic mass is 9.93. The summed E-state index contributed by atoms with van der Waals surface area (Å²) in [5.41, 5.74) is 5.84. The summed E-state index contributed by atoms with van der Waals surface area (Å²) in [5, 5.41) is 0. The molecule has 6 heteroatoms. The summed E-state index contributed by atoms with van der Waals surface area (Å²) in [6, 6.07) is 6.08. The Kier molecular flexibility index (Phi) is 4.94. The molecule has 0 aliphatic rings. The van der Waals surface area contributed by atoms with Crippen LogP contribution in [0.2, 0.25) is 0 Å². The number of carbonyl (C=O) groups excluding carboxylic acids is 1. The average Bonchev–Trinajstić information content (AvgIpc) is 2.36. The van der Waals surface area contributed by atoms with Crippen molar-refractivity contribution in [2.24, 2.45) is 11.1 Å². The van der Waals surface area contributed by atoms with Crippen LogP contribution in [0.15, 0.2) is 29.2 Å². The van der Waals surface area contributed by atoms with Crippen molar-refractivity contribution in [2.75, 3.05) is 26.4 Å². The summed E-state index contributed by atoms with van der Waals surface area (Å²) in [6.07, 6.45) is 1.12. The molecule has 20 heavy (non-hydrogen) atoms. The molecule has 0 saturated carbocycles. The third-order valence-electron chi connectivity index (χ3n) is 3.07. The number of benzene rings is 1. The maximum absolute atomic E-state index is 12.3. The number of sulfone groups is 1. The van der Waals surface area contributed by atoms with E-state index in [4.69, 9.17) is 5.73 Å². The highest BCUT2D eigenvalue weighted by Gasteiger charge is 2.22. The van der Waals surface area contributed by atoms with Crippen molar-refractivity contribution >= 4 is 15.7 Å². The Hall–Kier alpha value is -1.40. The van der Waals surface area contributed by atoms with Crippen LogP contribution in [0.5, 0.6) is 0 Å². The fourth-order valence-corrected chi connectivity index (χ4v) is 2.53. The molecule has 5 nitrogen and oxygen atoms in total. The van der Waals surface area contributed by atoms with Crippen LogP contribution in [-0.4, -0.2) is 45.6 Å². The molecule has 0 heterocycles. The Morgan fingerprint density at radius 1 is 1.35 bits per heavy atom. The first-order valence-corrected chi connectivity index (χ1v) is 8.22. The zero-order valence-electron chi connectivity index (χ0n) is 12.4. The zero-order chi connectivity index (χ0) is 15.6. The van der Waals surface area contributed by atoms with E-state index in [9.17, 15) is 13.2 Å². The van der Waals surface area contributed by atoms with Gasteiger partial charge in [-0.3, -0.25) is 4.79 Å². The van der Waals surface area contributed by atoms with Crippen molar-refractivity contribution in [1.29, 1.82) is 0 Å². The molecule has 0 saturated heterocycles. The van der Waals surface area contributed by atoms with Gasteiger partial charge in [-0.15, -0.1) is 0 Å². The number of hydrogen-bond acceptors (Lipinski definition) is 4. The van der Waals surface area contributed by atoms with E-state index in [0.29, 0.717) is 18.7 Å². The van der Waals surface area contributed by atoms with Gasteiger partial charge in [0.05, 0.1) is 4.90 Å². The maximum Gasteiger partial charge on any atom is 0.253 e.